The molecule has 5 N–H and O–H groups in total. The molecule has 4 atom stereocenters. The number of rotatable bonds is 6. The maximum atomic E-state index is 15.0. The highest BCUT2D eigenvalue weighted by Crippen LogP contribution is 2.34. The summed E-state index contributed by atoms with van der Waals surface area (Å²) in [4.78, 5) is 36.8. The molecule has 1 aromatic carbocycles. The largest absolute Gasteiger partial charge is 0.450 e. The third-order valence-corrected chi connectivity index (χ3v) is 5.59. The van der Waals surface area contributed by atoms with E-state index in [2.05, 4.69) is 10.6 Å². The van der Waals surface area contributed by atoms with Crippen LogP contribution in [0.5, 0.6) is 0 Å². The molecule has 30 heavy (non-hydrogen) atoms. The van der Waals surface area contributed by atoms with Gasteiger partial charge in [0.05, 0.1) is 31.0 Å². The zero-order valence-corrected chi connectivity index (χ0v) is 16.7. The van der Waals surface area contributed by atoms with Crippen molar-refractivity contribution in [2.75, 3.05) is 31.1 Å². The van der Waals surface area contributed by atoms with Crippen LogP contribution in [0, 0.1) is 5.82 Å². The van der Waals surface area contributed by atoms with Crippen LogP contribution in [0.4, 0.5) is 19.7 Å². The predicted octanol–water partition coefficient (Wildman–Crippen LogP) is -0.0273. The van der Waals surface area contributed by atoms with E-state index in [0.29, 0.717) is 0 Å². The van der Waals surface area contributed by atoms with Crippen LogP contribution in [0.3, 0.4) is 0 Å². The maximum Gasteiger partial charge on any atom is 0.407 e. The van der Waals surface area contributed by atoms with Crippen LogP contribution < -0.4 is 21.3 Å². The number of alkyl carbamates (subject to hydrolysis) is 2. The van der Waals surface area contributed by atoms with Crippen LogP contribution >= 0.6 is 0 Å². The number of hydrogen-bond acceptors (Lipinski definition) is 7. The van der Waals surface area contributed by atoms with Crippen molar-refractivity contribution < 1.29 is 33.4 Å². The molecule has 10 nitrogen and oxygen atoms in total. The van der Waals surface area contributed by atoms with Gasteiger partial charge in [-0.3, -0.25) is 4.79 Å². The molecule has 2 heterocycles. The number of cyclic esters (lactones) is 1. The molecule has 11 heteroatoms. The number of nitrogens with zero attached hydrogens (tertiary/aromatic N) is 1. The van der Waals surface area contributed by atoms with Crippen molar-refractivity contribution in [3.8, 4) is 0 Å². The molecule has 0 aliphatic carbocycles. The molecule has 3 amide bonds. The molecule has 0 radical (unpaired) electrons. The lowest BCUT2D eigenvalue weighted by Crippen LogP contribution is -2.49. The number of carbonyl (C=O) groups is 3. The Morgan fingerprint density at radius 1 is 1.47 bits per heavy atom. The van der Waals surface area contributed by atoms with E-state index in [9.17, 15) is 23.9 Å². The normalized spacial score (nSPS) is 25.3. The highest BCUT2D eigenvalue weighted by molar-refractivity contribution is 5.88. The Morgan fingerprint density at radius 2 is 2.20 bits per heavy atom. The number of aliphatic hydroxyl groups excluding tert-OH is 1. The summed E-state index contributed by atoms with van der Waals surface area (Å²) < 4.78 is 24.9. The van der Waals surface area contributed by atoms with Gasteiger partial charge in [-0.15, -0.1) is 0 Å². The van der Waals surface area contributed by atoms with E-state index in [1.165, 1.54) is 25.1 Å². The van der Waals surface area contributed by atoms with Crippen LogP contribution in [0.25, 0.3) is 0 Å². The number of nitrogens with one attached hydrogen (secondary N) is 2. The molecule has 0 spiro atoms. The quantitative estimate of drug-likeness (QED) is 0.502. The van der Waals surface area contributed by atoms with E-state index in [1.807, 2.05) is 0 Å². The molecule has 4 unspecified atom stereocenters. The van der Waals surface area contributed by atoms with Gasteiger partial charge in [-0.25, -0.2) is 14.0 Å². The van der Waals surface area contributed by atoms with Crippen molar-refractivity contribution in [2.24, 2.45) is 5.73 Å². The Kier molecular flexibility index (Phi) is 6.01. The number of β-amino-alcohol motifs (C(OH)–C–C–N with tert-alkyl or cyclic N) is 1. The van der Waals surface area contributed by atoms with Crippen molar-refractivity contribution in [2.45, 2.75) is 37.5 Å². The zero-order valence-electron chi connectivity index (χ0n) is 16.7. The molecule has 3 rings (SSSR count). The fourth-order valence-corrected chi connectivity index (χ4v) is 3.73. The number of nitrogens with two attached hydrogens (primary N) is 1. The van der Waals surface area contributed by atoms with E-state index in [1.54, 1.807) is 11.8 Å². The lowest BCUT2D eigenvalue weighted by atomic mass is 9.76. The first kappa shape index (κ1) is 21.6. The van der Waals surface area contributed by atoms with E-state index in [4.69, 9.17) is 15.2 Å². The minimum absolute atomic E-state index is 0.0706. The SMILES string of the molecule is CCOC(=O)NC1CN(c2ccc(C(C)(C(N)=O)C3CNC(=O)O3)cc2F)CC1O. The van der Waals surface area contributed by atoms with Crippen LogP contribution in [0.2, 0.25) is 0 Å². The minimum atomic E-state index is -1.43. The van der Waals surface area contributed by atoms with E-state index < -0.39 is 47.6 Å². The number of anilines is 1. The van der Waals surface area contributed by atoms with E-state index in [-0.39, 0.29) is 37.5 Å². The van der Waals surface area contributed by atoms with Gasteiger partial charge in [-0.2, -0.15) is 0 Å². The third-order valence-electron chi connectivity index (χ3n) is 5.59. The van der Waals surface area contributed by atoms with Crippen molar-refractivity contribution >= 4 is 23.8 Å². The second-order valence-corrected chi connectivity index (χ2v) is 7.45. The molecule has 2 aliphatic heterocycles. The Morgan fingerprint density at radius 3 is 2.77 bits per heavy atom. The Balaban J connectivity index is 1.80. The summed E-state index contributed by atoms with van der Waals surface area (Å²) in [5, 5.41) is 15.2. The number of halogens is 1. The average Bonchev–Trinajstić information content (AvgIpc) is 3.27. The number of benzene rings is 1. The van der Waals surface area contributed by atoms with Crippen LogP contribution in [-0.2, 0) is 19.7 Å². The fraction of sp³-hybridized carbons (Fsp3) is 0.526. The van der Waals surface area contributed by atoms with Crippen molar-refractivity contribution in [3.05, 3.63) is 29.6 Å². The number of amides is 3. The predicted molar refractivity (Wildman–Crippen MR) is 103 cm³/mol. The molecular weight excluding hydrogens is 399 g/mol. The van der Waals surface area contributed by atoms with Gasteiger partial charge in [0, 0.05) is 13.1 Å². The molecule has 164 valence electrons. The highest BCUT2D eigenvalue weighted by Gasteiger charge is 2.47. The number of primary amides is 1. The fourth-order valence-electron chi connectivity index (χ4n) is 3.73. The number of aliphatic hydroxyl groups is 1. The zero-order chi connectivity index (χ0) is 22.1. The van der Waals surface area contributed by atoms with Crippen molar-refractivity contribution in [1.82, 2.24) is 10.6 Å². The summed E-state index contributed by atoms with van der Waals surface area (Å²) in [6.45, 7) is 3.70. The van der Waals surface area contributed by atoms with Crippen molar-refractivity contribution in [1.29, 1.82) is 0 Å². The first-order chi connectivity index (χ1) is 14.2. The first-order valence-electron chi connectivity index (χ1n) is 9.57. The summed E-state index contributed by atoms with van der Waals surface area (Å²) in [6, 6.07) is 3.55. The lowest BCUT2D eigenvalue weighted by Gasteiger charge is -2.31. The molecule has 0 bridgehead atoms. The van der Waals surface area contributed by atoms with Gasteiger partial charge in [-0.05, 0) is 31.5 Å². The smallest absolute Gasteiger partial charge is 0.407 e. The standard InChI is InChI=1S/C19H25FN4O6/c1-3-29-18(28)23-12-8-24(9-14(12)25)13-5-4-10(6-11(13)20)19(2,16(21)26)15-7-22-17(27)30-15/h4-6,12,14-15,25H,3,7-9H2,1-2H3,(H2,21,26)(H,22,27)(H,23,28). The topological polar surface area (TPSA) is 143 Å². The Hall–Kier alpha value is -3.08. The Labute approximate surface area is 172 Å². The van der Waals surface area contributed by atoms with E-state index >= 15 is 0 Å². The van der Waals surface area contributed by atoms with E-state index in [0.717, 1.165) is 0 Å². The summed E-state index contributed by atoms with van der Waals surface area (Å²) in [5.74, 6) is -1.40. The molecule has 1 aromatic rings. The molecule has 2 fully saturated rings. The first-order valence-corrected chi connectivity index (χ1v) is 9.57. The number of carbonyl (C=O) groups excluding carboxylic acids is 3. The second kappa shape index (κ2) is 8.34. The van der Waals surface area contributed by atoms with Crippen LogP contribution in [0.15, 0.2) is 18.2 Å². The summed E-state index contributed by atoms with van der Waals surface area (Å²) >= 11 is 0. The van der Waals surface area contributed by atoms with Crippen molar-refractivity contribution in [3.63, 3.8) is 0 Å². The van der Waals surface area contributed by atoms with Crippen LogP contribution in [-0.4, -0.2) is 67.7 Å². The lowest BCUT2D eigenvalue weighted by molar-refractivity contribution is -0.126. The van der Waals surface area contributed by atoms with Gasteiger partial charge in [0.15, 0.2) is 0 Å². The maximum absolute atomic E-state index is 15.0. The minimum Gasteiger partial charge on any atom is -0.450 e. The molecule has 0 saturated carbocycles. The molecule has 2 saturated heterocycles. The van der Waals surface area contributed by atoms with Gasteiger partial charge in [0.1, 0.15) is 17.3 Å². The van der Waals surface area contributed by atoms with Gasteiger partial charge < -0.3 is 35.8 Å². The van der Waals surface area contributed by atoms with Gasteiger partial charge in [-0.1, -0.05) is 6.07 Å². The van der Waals surface area contributed by atoms with Gasteiger partial charge in [0.25, 0.3) is 0 Å². The monoisotopic (exact) mass is 424 g/mol. The van der Waals surface area contributed by atoms with Gasteiger partial charge in [0.2, 0.25) is 5.91 Å². The highest BCUT2D eigenvalue weighted by atomic mass is 19.1. The second-order valence-electron chi connectivity index (χ2n) is 7.45. The van der Waals surface area contributed by atoms with Crippen LogP contribution in [0.1, 0.15) is 19.4 Å². The number of hydrogen-bond donors (Lipinski definition) is 4. The number of ether oxygens (including phenoxy) is 2. The summed E-state index contributed by atoms with van der Waals surface area (Å²) in [5.41, 5.74) is 4.59. The summed E-state index contributed by atoms with van der Waals surface area (Å²) in [6.07, 6.45) is -3.11. The molecule has 0 aromatic heterocycles. The molecule has 2 aliphatic rings. The molecular formula is C19H25FN4O6. The third kappa shape index (κ3) is 3.97. The average molecular weight is 424 g/mol. The summed E-state index contributed by atoms with van der Waals surface area (Å²) in [7, 11) is 0. The Bertz CT molecular complexity index is 852. The van der Waals surface area contributed by atoms with Gasteiger partial charge >= 0.3 is 12.2 Å².